The molecule has 0 aliphatic rings. The molecule has 0 aliphatic carbocycles. The number of rotatable bonds is 5. The zero-order valence-corrected chi connectivity index (χ0v) is 12.0. The fourth-order valence-electron chi connectivity index (χ4n) is 2.01. The maximum absolute atomic E-state index is 12.5. The molecular weight excluding hydrogens is 242 g/mol. The number of aryl methyl sites for hydroxylation is 2. The van der Waals surface area contributed by atoms with Crippen LogP contribution in [0.1, 0.15) is 43.4 Å². The molecule has 1 rings (SSSR count). The second-order valence-corrected chi connectivity index (χ2v) is 4.69. The topological polar surface area (TPSA) is 87.9 Å². The normalized spacial score (nSPS) is 10.5. The number of nitriles is 1. The Bertz CT molecular complexity index is 498. The summed E-state index contributed by atoms with van der Waals surface area (Å²) in [6.45, 7) is 6.19. The summed E-state index contributed by atoms with van der Waals surface area (Å²) in [5, 5.41) is 12.9. The van der Waals surface area contributed by atoms with Crippen molar-refractivity contribution in [2.45, 2.75) is 39.7 Å². The molecule has 0 saturated carbocycles. The summed E-state index contributed by atoms with van der Waals surface area (Å²) < 4.78 is 1.53. The minimum Gasteiger partial charge on any atom is -0.395 e. The third-order valence-corrected chi connectivity index (χ3v) is 3.05. The van der Waals surface area contributed by atoms with Crippen molar-refractivity contribution in [3.8, 4) is 6.07 Å². The van der Waals surface area contributed by atoms with E-state index in [2.05, 4.69) is 11.2 Å². The lowest BCUT2D eigenvalue weighted by Crippen LogP contribution is -2.39. The van der Waals surface area contributed by atoms with E-state index in [9.17, 15) is 4.79 Å². The van der Waals surface area contributed by atoms with Crippen LogP contribution in [0.5, 0.6) is 0 Å². The van der Waals surface area contributed by atoms with Gasteiger partial charge in [0.25, 0.3) is 5.91 Å². The smallest absolute Gasteiger partial charge is 0.274 e. The number of carbonyl (C=O) groups excluding carboxylic acids is 1. The average molecular weight is 263 g/mol. The fourth-order valence-corrected chi connectivity index (χ4v) is 2.01. The Hall–Kier alpha value is -2.03. The van der Waals surface area contributed by atoms with E-state index in [1.54, 1.807) is 11.9 Å². The van der Waals surface area contributed by atoms with Crippen molar-refractivity contribution in [3.63, 3.8) is 0 Å². The Morgan fingerprint density at radius 1 is 1.58 bits per heavy atom. The number of amides is 1. The number of hydrogen-bond acceptors (Lipinski definition) is 4. The van der Waals surface area contributed by atoms with Gasteiger partial charge in [-0.3, -0.25) is 9.48 Å². The Morgan fingerprint density at radius 3 is 2.63 bits per heavy atom. The third kappa shape index (κ3) is 3.05. The van der Waals surface area contributed by atoms with Crippen molar-refractivity contribution in [2.75, 3.05) is 12.3 Å². The van der Waals surface area contributed by atoms with Crippen LogP contribution in [0.2, 0.25) is 0 Å². The number of nitrogens with zero attached hydrogens (tertiary/aromatic N) is 4. The molecule has 2 N–H and O–H groups in total. The number of hydrogen-bond donors (Lipinski definition) is 1. The van der Waals surface area contributed by atoms with E-state index in [4.69, 9.17) is 11.0 Å². The van der Waals surface area contributed by atoms with Crippen LogP contribution in [0.25, 0.3) is 0 Å². The number of carbonyl (C=O) groups is 1. The second-order valence-electron chi connectivity index (χ2n) is 4.69. The van der Waals surface area contributed by atoms with Gasteiger partial charge < -0.3 is 10.6 Å². The molecule has 1 aromatic heterocycles. The number of anilines is 1. The molecule has 1 amide bonds. The lowest BCUT2D eigenvalue weighted by molar-refractivity contribution is 0.0700. The highest BCUT2D eigenvalue weighted by molar-refractivity contribution is 5.98. The van der Waals surface area contributed by atoms with E-state index in [1.165, 1.54) is 4.68 Å². The van der Waals surface area contributed by atoms with Crippen molar-refractivity contribution < 1.29 is 4.79 Å². The number of aromatic nitrogens is 2. The van der Waals surface area contributed by atoms with Crippen LogP contribution < -0.4 is 5.73 Å². The number of nitrogens with two attached hydrogens (primary N) is 1. The van der Waals surface area contributed by atoms with Crippen LogP contribution in [-0.2, 0) is 13.5 Å². The molecule has 0 radical (unpaired) electrons. The van der Waals surface area contributed by atoms with E-state index >= 15 is 0 Å². The molecule has 0 atom stereocenters. The van der Waals surface area contributed by atoms with Gasteiger partial charge in [0.05, 0.1) is 23.9 Å². The van der Waals surface area contributed by atoms with Gasteiger partial charge in [0.1, 0.15) is 5.69 Å². The van der Waals surface area contributed by atoms with Crippen LogP contribution >= 0.6 is 0 Å². The summed E-state index contributed by atoms with van der Waals surface area (Å²) in [5.41, 5.74) is 7.57. The zero-order chi connectivity index (χ0) is 14.6. The Morgan fingerprint density at radius 2 is 2.21 bits per heavy atom. The van der Waals surface area contributed by atoms with Crippen LogP contribution in [0.3, 0.4) is 0 Å². The molecule has 1 aromatic rings. The van der Waals surface area contributed by atoms with E-state index in [0.29, 0.717) is 30.8 Å². The van der Waals surface area contributed by atoms with Gasteiger partial charge in [-0.2, -0.15) is 10.4 Å². The third-order valence-electron chi connectivity index (χ3n) is 3.05. The summed E-state index contributed by atoms with van der Waals surface area (Å²) >= 11 is 0. The lowest BCUT2D eigenvalue weighted by Gasteiger charge is -2.25. The van der Waals surface area contributed by atoms with Crippen LogP contribution in [0, 0.1) is 11.3 Å². The van der Waals surface area contributed by atoms with Gasteiger partial charge in [-0.05, 0) is 20.3 Å². The first-order valence-corrected chi connectivity index (χ1v) is 6.43. The van der Waals surface area contributed by atoms with Crippen LogP contribution in [-0.4, -0.2) is 33.2 Å². The highest BCUT2D eigenvalue weighted by atomic mass is 16.2. The van der Waals surface area contributed by atoms with Crippen molar-refractivity contribution in [3.05, 3.63) is 11.4 Å². The molecule has 1 heterocycles. The Labute approximate surface area is 113 Å². The first-order chi connectivity index (χ1) is 8.93. The van der Waals surface area contributed by atoms with Crippen molar-refractivity contribution in [1.82, 2.24) is 14.7 Å². The van der Waals surface area contributed by atoms with E-state index in [0.717, 1.165) is 5.69 Å². The van der Waals surface area contributed by atoms with Crippen molar-refractivity contribution in [1.29, 1.82) is 5.26 Å². The largest absolute Gasteiger partial charge is 0.395 e. The first kappa shape index (κ1) is 15.0. The van der Waals surface area contributed by atoms with Crippen molar-refractivity contribution in [2.24, 2.45) is 7.05 Å². The average Bonchev–Trinajstić information content (AvgIpc) is 2.64. The van der Waals surface area contributed by atoms with E-state index in [1.807, 2.05) is 20.8 Å². The standard InChI is InChI=1S/C13H21N5O/c1-5-10-11(15)12(17(4)16-10)13(19)18(9(2)3)8-6-7-14/h9H,5-6,8,15H2,1-4H3. The predicted octanol–water partition coefficient (Wildman–Crippen LogP) is 1.33. The summed E-state index contributed by atoms with van der Waals surface area (Å²) in [4.78, 5) is 14.2. The van der Waals surface area contributed by atoms with Gasteiger partial charge in [0.2, 0.25) is 0 Å². The monoisotopic (exact) mass is 263 g/mol. The Kier molecular flexibility index (Phi) is 4.93. The molecule has 0 saturated heterocycles. The molecule has 0 fully saturated rings. The fraction of sp³-hybridized carbons (Fsp3) is 0.615. The molecule has 0 aliphatic heterocycles. The SMILES string of the molecule is CCc1nn(C)c(C(=O)N(CCC#N)C(C)C)c1N. The molecular formula is C13H21N5O. The van der Waals surface area contributed by atoms with Gasteiger partial charge >= 0.3 is 0 Å². The van der Waals surface area contributed by atoms with Crippen LogP contribution in [0.4, 0.5) is 5.69 Å². The molecule has 6 heteroatoms. The van der Waals surface area contributed by atoms with Crippen LogP contribution in [0.15, 0.2) is 0 Å². The summed E-state index contributed by atoms with van der Waals surface area (Å²) in [7, 11) is 1.71. The zero-order valence-electron chi connectivity index (χ0n) is 12.0. The summed E-state index contributed by atoms with van der Waals surface area (Å²) in [5.74, 6) is -0.169. The highest BCUT2D eigenvalue weighted by Gasteiger charge is 2.25. The molecule has 104 valence electrons. The molecule has 0 bridgehead atoms. The second kappa shape index (κ2) is 6.23. The van der Waals surface area contributed by atoms with Gasteiger partial charge in [-0.1, -0.05) is 6.92 Å². The molecule has 0 aromatic carbocycles. The van der Waals surface area contributed by atoms with E-state index < -0.39 is 0 Å². The predicted molar refractivity (Wildman–Crippen MR) is 73.4 cm³/mol. The van der Waals surface area contributed by atoms with E-state index in [-0.39, 0.29) is 11.9 Å². The molecule has 6 nitrogen and oxygen atoms in total. The quantitative estimate of drug-likeness (QED) is 0.868. The maximum Gasteiger partial charge on any atom is 0.274 e. The Balaban J connectivity index is 3.10. The van der Waals surface area contributed by atoms with Gasteiger partial charge in [-0.15, -0.1) is 0 Å². The summed E-state index contributed by atoms with van der Waals surface area (Å²) in [6.07, 6.45) is 0.995. The van der Waals surface area contributed by atoms with Gasteiger partial charge in [0.15, 0.2) is 0 Å². The minimum absolute atomic E-state index is 0.0141. The van der Waals surface area contributed by atoms with Crippen molar-refractivity contribution >= 4 is 11.6 Å². The molecule has 0 unspecified atom stereocenters. The first-order valence-electron chi connectivity index (χ1n) is 6.43. The lowest BCUT2D eigenvalue weighted by atomic mass is 10.2. The van der Waals surface area contributed by atoms with Gasteiger partial charge in [-0.25, -0.2) is 0 Å². The minimum atomic E-state index is -0.169. The maximum atomic E-state index is 12.5. The van der Waals surface area contributed by atoms with Gasteiger partial charge in [0, 0.05) is 19.6 Å². The summed E-state index contributed by atoms with van der Waals surface area (Å²) in [6, 6.07) is 2.07. The highest BCUT2D eigenvalue weighted by Crippen LogP contribution is 2.20. The molecule has 19 heavy (non-hydrogen) atoms. The number of nitrogen functional groups attached to an aromatic ring is 1. The molecule has 0 spiro atoms.